The molecule has 0 heterocycles. The highest BCUT2D eigenvalue weighted by Crippen LogP contribution is 2.28. The Labute approximate surface area is 87.8 Å². The van der Waals surface area contributed by atoms with Crippen LogP contribution >= 0.6 is 0 Å². The van der Waals surface area contributed by atoms with Crippen LogP contribution in [0.1, 0.15) is 17.3 Å². The summed E-state index contributed by atoms with van der Waals surface area (Å²) in [5, 5.41) is 0. The minimum absolute atomic E-state index is 0.0439. The van der Waals surface area contributed by atoms with Crippen LogP contribution in [0.15, 0.2) is 18.2 Å². The van der Waals surface area contributed by atoms with E-state index in [9.17, 15) is 9.18 Å². The maximum absolute atomic E-state index is 11.9. The van der Waals surface area contributed by atoms with E-state index in [1.165, 1.54) is 14.0 Å². The molecule has 1 aromatic rings. The monoisotopic (exact) mass is 212 g/mol. The Kier molecular flexibility index (Phi) is 4.09. The maximum atomic E-state index is 11.9. The molecule has 0 radical (unpaired) electrons. The van der Waals surface area contributed by atoms with Crippen LogP contribution in [0.5, 0.6) is 11.5 Å². The van der Waals surface area contributed by atoms with Crippen LogP contribution in [0.25, 0.3) is 0 Å². The molecule has 82 valence electrons. The predicted molar refractivity (Wildman–Crippen MR) is 54.5 cm³/mol. The minimum Gasteiger partial charge on any atom is -0.493 e. The maximum Gasteiger partial charge on any atom is 0.162 e. The Morgan fingerprint density at radius 1 is 1.40 bits per heavy atom. The molecule has 0 saturated heterocycles. The van der Waals surface area contributed by atoms with E-state index in [1.54, 1.807) is 18.2 Å². The molecule has 0 N–H and O–H groups in total. The van der Waals surface area contributed by atoms with Gasteiger partial charge in [0.1, 0.15) is 13.3 Å². The first-order chi connectivity index (χ1) is 7.19. The number of carbonyl (C=O) groups is 1. The molecule has 4 heteroatoms. The first kappa shape index (κ1) is 11.5. The van der Waals surface area contributed by atoms with E-state index >= 15 is 0 Å². The number of rotatable bonds is 5. The lowest BCUT2D eigenvalue weighted by atomic mass is 10.1. The van der Waals surface area contributed by atoms with Gasteiger partial charge in [0.2, 0.25) is 0 Å². The molecule has 0 unspecified atom stereocenters. The van der Waals surface area contributed by atoms with Gasteiger partial charge in [0.05, 0.1) is 7.11 Å². The standard InChI is InChI=1S/C11H13FO3/c1-8(13)9-3-4-10(14-2)11(7-9)15-6-5-12/h3-4,7H,5-6H2,1-2H3. The number of benzene rings is 1. The molecule has 0 amide bonds. The Bertz CT molecular complexity index is 350. The quantitative estimate of drug-likeness (QED) is 0.702. The number of alkyl halides is 1. The van der Waals surface area contributed by atoms with Gasteiger partial charge in [0, 0.05) is 5.56 Å². The average molecular weight is 212 g/mol. The van der Waals surface area contributed by atoms with Crippen LogP contribution in [-0.2, 0) is 0 Å². The van der Waals surface area contributed by atoms with Crippen molar-refractivity contribution in [3.8, 4) is 11.5 Å². The van der Waals surface area contributed by atoms with E-state index < -0.39 is 6.67 Å². The van der Waals surface area contributed by atoms with Gasteiger partial charge in [-0.05, 0) is 25.1 Å². The van der Waals surface area contributed by atoms with Crippen LogP contribution in [0.3, 0.4) is 0 Å². The molecule has 3 nitrogen and oxygen atoms in total. The summed E-state index contributed by atoms with van der Waals surface area (Å²) in [6, 6.07) is 4.82. The molecule has 0 spiro atoms. The molecular weight excluding hydrogens is 199 g/mol. The zero-order valence-corrected chi connectivity index (χ0v) is 8.75. The van der Waals surface area contributed by atoms with Crippen molar-refractivity contribution in [1.82, 2.24) is 0 Å². The van der Waals surface area contributed by atoms with Gasteiger partial charge in [-0.15, -0.1) is 0 Å². The van der Waals surface area contributed by atoms with Crippen LogP contribution in [0, 0.1) is 0 Å². The highest BCUT2D eigenvalue weighted by Gasteiger charge is 2.07. The molecule has 15 heavy (non-hydrogen) atoms. The van der Waals surface area contributed by atoms with Gasteiger partial charge in [-0.3, -0.25) is 4.79 Å². The number of Topliss-reactive ketones (excluding diaryl/α,β-unsaturated/α-hetero) is 1. The molecule has 0 aliphatic carbocycles. The fourth-order valence-electron chi connectivity index (χ4n) is 1.16. The normalized spacial score (nSPS) is 9.80. The Morgan fingerprint density at radius 3 is 2.67 bits per heavy atom. The number of hydrogen-bond donors (Lipinski definition) is 0. The van der Waals surface area contributed by atoms with Gasteiger partial charge in [-0.2, -0.15) is 0 Å². The van der Waals surface area contributed by atoms with E-state index in [4.69, 9.17) is 9.47 Å². The van der Waals surface area contributed by atoms with Gasteiger partial charge in [0.15, 0.2) is 17.3 Å². The third-order valence-electron chi connectivity index (χ3n) is 1.90. The summed E-state index contributed by atoms with van der Waals surface area (Å²) in [7, 11) is 1.49. The Balaban J connectivity index is 2.96. The lowest BCUT2D eigenvalue weighted by Gasteiger charge is -2.10. The zero-order valence-electron chi connectivity index (χ0n) is 8.75. The average Bonchev–Trinajstić information content (AvgIpc) is 2.25. The van der Waals surface area contributed by atoms with Crippen molar-refractivity contribution in [2.75, 3.05) is 20.4 Å². The molecule has 0 aromatic heterocycles. The highest BCUT2D eigenvalue weighted by atomic mass is 19.1. The van der Waals surface area contributed by atoms with Crippen LogP contribution in [0.2, 0.25) is 0 Å². The summed E-state index contributed by atoms with van der Waals surface area (Å²) in [4.78, 5) is 11.1. The topological polar surface area (TPSA) is 35.5 Å². The number of halogens is 1. The summed E-state index contributed by atoms with van der Waals surface area (Å²) in [5.74, 6) is 0.819. The van der Waals surface area contributed by atoms with Crippen molar-refractivity contribution in [3.05, 3.63) is 23.8 Å². The van der Waals surface area contributed by atoms with Gasteiger partial charge in [-0.25, -0.2) is 4.39 Å². The molecule has 0 aliphatic heterocycles. The Morgan fingerprint density at radius 2 is 2.13 bits per heavy atom. The first-order valence-electron chi connectivity index (χ1n) is 4.56. The second-order valence-electron chi connectivity index (χ2n) is 2.96. The second-order valence-corrected chi connectivity index (χ2v) is 2.96. The van der Waals surface area contributed by atoms with E-state index in [1.807, 2.05) is 0 Å². The molecule has 1 rings (SSSR count). The predicted octanol–water partition coefficient (Wildman–Crippen LogP) is 2.25. The molecule has 1 aromatic carbocycles. The minimum atomic E-state index is -0.576. The third-order valence-corrected chi connectivity index (χ3v) is 1.90. The van der Waals surface area contributed by atoms with E-state index in [-0.39, 0.29) is 12.4 Å². The van der Waals surface area contributed by atoms with Crippen molar-refractivity contribution in [2.45, 2.75) is 6.92 Å². The number of hydrogen-bond acceptors (Lipinski definition) is 3. The Hall–Kier alpha value is -1.58. The van der Waals surface area contributed by atoms with Gasteiger partial charge >= 0.3 is 0 Å². The molecule has 0 saturated carbocycles. The smallest absolute Gasteiger partial charge is 0.162 e. The summed E-state index contributed by atoms with van der Waals surface area (Å²) < 4.78 is 22.1. The van der Waals surface area contributed by atoms with Crippen LogP contribution in [0.4, 0.5) is 4.39 Å². The molecule has 0 bridgehead atoms. The van der Waals surface area contributed by atoms with Crippen molar-refractivity contribution in [1.29, 1.82) is 0 Å². The summed E-state index contributed by atoms with van der Waals surface area (Å²) in [5.41, 5.74) is 0.518. The summed E-state index contributed by atoms with van der Waals surface area (Å²) in [6.45, 7) is 0.839. The second kappa shape index (κ2) is 5.34. The van der Waals surface area contributed by atoms with Crippen molar-refractivity contribution in [2.24, 2.45) is 0 Å². The highest BCUT2D eigenvalue weighted by molar-refractivity contribution is 5.94. The van der Waals surface area contributed by atoms with Crippen LogP contribution < -0.4 is 9.47 Å². The van der Waals surface area contributed by atoms with Gasteiger partial charge < -0.3 is 9.47 Å². The van der Waals surface area contributed by atoms with Crippen molar-refractivity contribution >= 4 is 5.78 Å². The number of ether oxygens (including phenoxy) is 2. The molecule has 0 fully saturated rings. The van der Waals surface area contributed by atoms with E-state index in [0.29, 0.717) is 17.1 Å². The number of carbonyl (C=O) groups excluding carboxylic acids is 1. The largest absolute Gasteiger partial charge is 0.493 e. The third kappa shape index (κ3) is 2.94. The summed E-state index contributed by atoms with van der Waals surface area (Å²) >= 11 is 0. The van der Waals surface area contributed by atoms with Gasteiger partial charge in [0.25, 0.3) is 0 Å². The number of methoxy groups -OCH3 is 1. The first-order valence-corrected chi connectivity index (χ1v) is 4.56. The SMILES string of the molecule is COc1ccc(C(C)=O)cc1OCCF. The summed E-state index contributed by atoms with van der Waals surface area (Å²) in [6.07, 6.45) is 0. The van der Waals surface area contributed by atoms with E-state index in [2.05, 4.69) is 0 Å². The fraction of sp³-hybridized carbons (Fsp3) is 0.364. The number of ketones is 1. The van der Waals surface area contributed by atoms with E-state index in [0.717, 1.165) is 0 Å². The lowest BCUT2D eigenvalue weighted by Crippen LogP contribution is -2.02. The van der Waals surface area contributed by atoms with Crippen molar-refractivity contribution in [3.63, 3.8) is 0 Å². The zero-order chi connectivity index (χ0) is 11.3. The van der Waals surface area contributed by atoms with Gasteiger partial charge in [-0.1, -0.05) is 0 Å². The molecular formula is C11H13FO3. The lowest BCUT2D eigenvalue weighted by molar-refractivity contribution is 0.101. The fourth-order valence-corrected chi connectivity index (χ4v) is 1.16. The molecule has 0 aliphatic rings. The van der Waals surface area contributed by atoms with Crippen molar-refractivity contribution < 1.29 is 18.7 Å². The molecule has 0 atom stereocenters. The van der Waals surface area contributed by atoms with Crippen LogP contribution in [-0.4, -0.2) is 26.2 Å².